The molecule has 0 saturated heterocycles. The van der Waals surface area contributed by atoms with Gasteiger partial charge in [-0.05, 0) is 55.3 Å². The van der Waals surface area contributed by atoms with E-state index in [-0.39, 0.29) is 16.7 Å². The Hall–Kier alpha value is -3.80. The van der Waals surface area contributed by atoms with Gasteiger partial charge in [0.1, 0.15) is 11.6 Å². The molecule has 36 heavy (non-hydrogen) atoms. The van der Waals surface area contributed by atoms with E-state index in [4.69, 9.17) is 4.74 Å². The smallest absolute Gasteiger partial charge is 0.433 e. The van der Waals surface area contributed by atoms with E-state index in [1.165, 1.54) is 0 Å². The molecular weight excluding hydrogens is 495 g/mol. The number of ether oxygens (including phenoxy) is 1. The molecule has 190 valence electrons. The predicted molar refractivity (Wildman–Crippen MR) is 132 cm³/mol. The molecule has 0 aliphatic rings. The van der Waals surface area contributed by atoms with E-state index in [2.05, 4.69) is 25.9 Å². The number of carbonyl (C=O) groups excluding carboxylic acids is 2. The summed E-state index contributed by atoms with van der Waals surface area (Å²) in [5, 5.41) is 7.17. The lowest BCUT2D eigenvalue weighted by molar-refractivity contribution is -0.141. The van der Waals surface area contributed by atoms with Crippen molar-refractivity contribution in [1.82, 2.24) is 15.3 Å². The van der Waals surface area contributed by atoms with E-state index >= 15 is 0 Å². The third-order valence-corrected chi connectivity index (χ3v) is 5.49. The first-order valence-electron chi connectivity index (χ1n) is 10.9. The fraction of sp³-hybridized carbons (Fsp3) is 0.250. The number of alkyl halides is 3. The lowest BCUT2D eigenvalue weighted by Gasteiger charge is -2.12. The molecule has 3 N–H and O–H groups in total. The zero-order valence-electron chi connectivity index (χ0n) is 19.5. The molecule has 0 radical (unpaired) electrons. The van der Waals surface area contributed by atoms with E-state index in [9.17, 15) is 22.8 Å². The molecule has 0 aliphatic heterocycles. The number of hydrogen-bond acceptors (Lipinski definition) is 7. The normalized spacial score (nSPS) is 11.0. The van der Waals surface area contributed by atoms with Crippen LogP contribution < -0.4 is 20.7 Å². The van der Waals surface area contributed by atoms with Gasteiger partial charge in [0.05, 0.1) is 12.4 Å². The van der Waals surface area contributed by atoms with E-state index in [0.717, 1.165) is 18.1 Å². The Labute approximate surface area is 210 Å². The summed E-state index contributed by atoms with van der Waals surface area (Å²) in [6.45, 7) is 4.32. The average molecular weight is 520 g/mol. The summed E-state index contributed by atoms with van der Waals surface area (Å²) in [5.74, 6) is -0.570. The Morgan fingerprint density at radius 2 is 1.64 bits per heavy atom. The molecule has 3 amide bonds. The zero-order valence-corrected chi connectivity index (χ0v) is 20.3. The molecule has 1 aromatic heterocycles. The number of benzene rings is 2. The molecule has 2 aromatic carbocycles. The lowest BCUT2D eigenvalue weighted by atomic mass is 10.1. The molecule has 0 saturated carbocycles. The average Bonchev–Trinajstić information content (AvgIpc) is 2.84. The molecule has 1 heterocycles. The summed E-state index contributed by atoms with van der Waals surface area (Å²) in [6, 6.07) is 13.7. The Kier molecular flexibility index (Phi) is 9.12. The molecule has 0 atom stereocenters. The number of aryl methyl sites for hydroxylation is 1. The molecule has 0 bridgehead atoms. The highest BCUT2D eigenvalue weighted by Gasteiger charge is 2.34. The highest BCUT2D eigenvalue weighted by Crippen LogP contribution is 2.31. The molecule has 3 aromatic rings. The number of carbonyl (C=O) groups is 2. The summed E-state index contributed by atoms with van der Waals surface area (Å²) < 4.78 is 45.5. The number of thioether (sulfide) groups is 1. The summed E-state index contributed by atoms with van der Waals surface area (Å²) in [6.07, 6.45) is -3.87. The maximum Gasteiger partial charge on any atom is 0.433 e. The van der Waals surface area contributed by atoms with Gasteiger partial charge in [-0.2, -0.15) is 13.2 Å². The number of nitrogens with zero attached hydrogens (tertiary/aromatic N) is 2. The van der Waals surface area contributed by atoms with Crippen LogP contribution in [-0.4, -0.2) is 34.3 Å². The maximum atomic E-state index is 13.4. The summed E-state index contributed by atoms with van der Waals surface area (Å²) >= 11 is 0.672. The Bertz CT molecular complexity index is 1190. The Morgan fingerprint density at radius 3 is 2.25 bits per heavy atom. The van der Waals surface area contributed by atoms with E-state index < -0.39 is 23.8 Å². The van der Waals surface area contributed by atoms with Crippen LogP contribution in [0.15, 0.2) is 59.8 Å². The summed E-state index contributed by atoms with van der Waals surface area (Å²) in [5.41, 5.74) is 0.909. The highest BCUT2D eigenvalue weighted by atomic mass is 32.2. The molecule has 0 unspecified atom stereocenters. The minimum atomic E-state index is -4.72. The van der Waals surface area contributed by atoms with Gasteiger partial charge in [-0.25, -0.2) is 14.8 Å². The van der Waals surface area contributed by atoms with Crippen molar-refractivity contribution in [3.8, 4) is 5.75 Å². The first-order chi connectivity index (χ1) is 17.2. The number of imide groups is 1. The lowest BCUT2D eigenvalue weighted by Crippen LogP contribution is -2.35. The van der Waals surface area contributed by atoms with Gasteiger partial charge in [0.15, 0.2) is 10.9 Å². The van der Waals surface area contributed by atoms with Gasteiger partial charge in [-0.15, -0.1) is 0 Å². The molecule has 3 rings (SSSR count). The van der Waals surface area contributed by atoms with Gasteiger partial charge in [-0.3, -0.25) is 10.1 Å². The van der Waals surface area contributed by atoms with Crippen molar-refractivity contribution in [2.24, 2.45) is 0 Å². The first-order valence-corrected chi connectivity index (χ1v) is 11.9. The molecule has 8 nitrogen and oxygen atoms in total. The largest absolute Gasteiger partial charge is 0.494 e. The third kappa shape index (κ3) is 8.15. The van der Waals surface area contributed by atoms with Crippen molar-refractivity contribution in [3.63, 3.8) is 0 Å². The van der Waals surface area contributed by atoms with Crippen molar-refractivity contribution in [2.75, 3.05) is 23.0 Å². The van der Waals surface area contributed by atoms with Crippen LogP contribution in [0, 0.1) is 0 Å². The number of aromatic nitrogens is 2. The SMILES string of the molecule is CCOc1ccc(Nc2cc(C(F)(F)F)nc(SCC(=O)NC(=O)Nc3ccc(CC)cc3)n2)cc1. The molecule has 12 heteroatoms. The summed E-state index contributed by atoms with van der Waals surface area (Å²) in [7, 11) is 0. The van der Waals surface area contributed by atoms with Crippen molar-refractivity contribution >= 4 is 40.9 Å². The van der Waals surface area contributed by atoms with Gasteiger partial charge in [0.2, 0.25) is 5.91 Å². The second-order valence-electron chi connectivity index (χ2n) is 7.34. The molecule has 0 fully saturated rings. The fourth-order valence-electron chi connectivity index (χ4n) is 2.93. The van der Waals surface area contributed by atoms with Gasteiger partial charge >= 0.3 is 12.2 Å². The van der Waals surface area contributed by atoms with E-state index in [0.29, 0.717) is 35.5 Å². The molecular formula is C24H24F3N5O3S. The van der Waals surface area contributed by atoms with Crippen LogP contribution in [-0.2, 0) is 17.4 Å². The second kappa shape index (κ2) is 12.2. The van der Waals surface area contributed by atoms with Crippen LogP contribution in [0.4, 0.5) is 35.2 Å². The van der Waals surface area contributed by atoms with Crippen molar-refractivity contribution in [2.45, 2.75) is 31.6 Å². The monoisotopic (exact) mass is 519 g/mol. The first kappa shape index (κ1) is 26.8. The fourth-order valence-corrected chi connectivity index (χ4v) is 3.59. The molecule has 0 aliphatic carbocycles. The Balaban J connectivity index is 1.63. The minimum absolute atomic E-state index is 0.0994. The van der Waals surface area contributed by atoms with E-state index in [1.807, 2.05) is 26.0 Å². The van der Waals surface area contributed by atoms with Crippen molar-refractivity contribution in [3.05, 3.63) is 65.9 Å². The van der Waals surface area contributed by atoms with Gasteiger partial charge in [0, 0.05) is 17.4 Å². The maximum absolute atomic E-state index is 13.4. The van der Waals surface area contributed by atoms with Crippen molar-refractivity contribution < 1.29 is 27.5 Å². The predicted octanol–water partition coefficient (Wildman–Crippen LogP) is 5.64. The van der Waals surface area contributed by atoms with Crippen LogP contribution in [0.3, 0.4) is 0 Å². The number of urea groups is 1. The van der Waals surface area contributed by atoms with Crippen LogP contribution in [0.1, 0.15) is 25.1 Å². The second-order valence-corrected chi connectivity index (χ2v) is 8.29. The van der Waals surface area contributed by atoms with Crippen molar-refractivity contribution in [1.29, 1.82) is 0 Å². The van der Waals surface area contributed by atoms with Crippen LogP contribution >= 0.6 is 11.8 Å². The summed E-state index contributed by atoms with van der Waals surface area (Å²) in [4.78, 5) is 31.8. The number of rotatable bonds is 9. The van der Waals surface area contributed by atoms with Gasteiger partial charge < -0.3 is 15.4 Å². The van der Waals surface area contributed by atoms with Crippen LogP contribution in [0.25, 0.3) is 0 Å². The number of amides is 3. The Morgan fingerprint density at radius 1 is 0.972 bits per heavy atom. The minimum Gasteiger partial charge on any atom is -0.494 e. The molecule has 0 spiro atoms. The topological polar surface area (TPSA) is 105 Å². The van der Waals surface area contributed by atoms with Gasteiger partial charge in [0.25, 0.3) is 0 Å². The number of nitrogens with one attached hydrogen (secondary N) is 3. The quantitative estimate of drug-likeness (QED) is 0.248. The highest BCUT2D eigenvalue weighted by molar-refractivity contribution is 7.99. The van der Waals surface area contributed by atoms with Crippen LogP contribution in [0.2, 0.25) is 0 Å². The standard InChI is InChI=1S/C24H24F3N5O3S/c1-3-15-5-7-17(8-6-15)29-22(34)32-21(33)14-36-23-30-19(24(25,26)27)13-20(31-23)28-16-9-11-18(12-10-16)35-4-2/h5-13H,3-4,14H2,1-2H3,(H,28,30,31)(H2,29,32,33,34). The van der Waals surface area contributed by atoms with Gasteiger partial charge in [-0.1, -0.05) is 30.8 Å². The van der Waals surface area contributed by atoms with E-state index in [1.54, 1.807) is 36.4 Å². The third-order valence-electron chi connectivity index (χ3n) is 4.64. The number of hydrogen-bond donors (Lipinski definition) is 3. The number of anilines is 3. The van der Waals surface area contributed by atoms with Crippen LogP contribution in [0.5, 0.6) is 5.75 Å². The zero-order chi connectivity index (χ0) is 26.1. The number of halogens is 3.